The molecule has 0 spiro atoms. The van der Waals surface area contributed by atoms with Crippen LogP contribution in [0, 0.1) is 20.8 Å². The second-order valence-electron chi connectivity index (χ2n) is 11.2. The van der Waals surface area contributed by atoms with Crippen molar-refractivity contribution in [3.8, 4) is 34.5 Å². The average Bonchev–Trinajstić information content (AvgIpc) is 3.04. The van der Waals surface area contributed by atoms with E-state index in [2.05, 4.69) is 4.90 Å². The molecule has 0 saturated carbocycles. The van der Waals surface area contributed by atoms with Gasteiger partial charge < -0.3 is 36.3 Å². The van der Waals surface area contributed by atoms with E-state index in [1.807, 2.05) is 148 Å². The van der Waals surface area contributed by atoms with Gasteiger partial charge in [0.2, 0.25) is 0 Å². The average molecular weight is 609 g/mol. The number of nitrogens with two attached hydrogens (primary N) is 3. The predicted octanol–water partition coefficient (Wildman–Crippen LogP) is 10.2. The van der Waals surface area contributed by atoms with Crippen LogP contribution in [-0.4, -0.2) is 0 Å². The molecule has 7 nitrogen and oxygen atoms in total. The van der Waals surface area contributed by atoms with Crippen LogP contribution >= 0.6 is 0 Å². The molecule has 0 aliphatic rings. The van der Waals surface area contributed by atoms with Gasteiger partial charge in [-0.15, -0.1) is 0 Å². The SMILES string of the molecule is Cc1cc(N)ccc1Oc1ccc(N(c2ccc(Oc3ccc(N)cc3C)cc2)c2ccc(Oc3ccc(N)cc3C)cc2)cc1. The number of nitrogens with zero attached hydrogens (tertiary/aromatic N) is 1. The van der Waals surface area contributed by atoms with E-state index in [4.69, 9.17) is 31.4 Å². The molecule has 0 atom stereocenters. The molecule has 6 rings (SSSR count). The van der Waals surface area contributed by atoms with Crippen LogP contribution in [0.25, 0.3) is 0 Å². The normalized spacial score (nSPS) is 10.8. The highest BCUT2D eigenvalue weighted by atomic mass is 16.5. The summed E-state index contributed by atoms with van der Waals surface area (Å²) >= 11 is 0. The van der Waals surface area contributed by atoms with Gasteiger partial charge in [0.05, 0.1) is 0 Å². The third-order valence-corrected chi connectivity index (χ3v) is 7.57. The zero-order valence-corrected chi connectivity index (χ0v) is 26.0. The van der Waals surface area contributed by atoms with Crippen molar-refractivity contribution >= 4 is 34.1 Å². The first-order chi connectivity index (χ1) is 22.2. The molecule has 0 heterocycles. The Kier molecular flexibility index (Phi) is 8.39. The lowest BCUT2D eigenvalue weighted by Gasteiger charge is -2.26. The molecule has 0 unspecified atom stereocenters. The number of anilines is 6. The highest BCUT2D eigenvalue weighted by Crippen LogP contribution is 2.39. The minimum atomic E-state index is 0.705. The molecule has 0 saturated heterocycles. The molecule has 230 valence electrons. The van der Waals surface area contributed by atoms with Crippen molar-refractivity contribution in [1.29, 1.82) is 0 Å². The van der Waals surface area contributed by atoms with Crippen molar-refractivity contribution in [2.75, 3.05) is 22.1 Å². The van der Waals surface area contributed by atoms with Crippen molar-refractivity contribution in [2.45, 2.75) is 20.8 Å². The summed E-state index contributed by atoms with van der Waals surface area (Å²) < 4.78 is 18.5. The van der Waals surface area contributed by atoms with Crippen molar-refractivity contribution < 1.29 is 14.2 Å². The van der Waals surface area contributed by atoms with E-state index in [0.29, 0.717) is 17.1 Å². The second kappa shape index (κ2) is 12.9. The monoisotopic (exact) mass is 608 g/mol. The first-order valence-corrected chi connectivity index (χ1v) is 14.9. The van der Waals surface area contributed by atoms with E-state index in [1.54, 1.807) is 0 Å². The molecule has 0 aliphatic heterocycles. The Morgan fingerprint density at radius 3 is 0.870 bits per heavy atom. The zero-order valence-electron chi connectivity index (χ0n) is 26.0. The van der Waals surface area contributed by atoms with Crippen LogP contribution in [0.2, 0.25) is 0 Å². The van der Waals surface area contributed by atoms with Gasteiger partial charge in [0.1, 0.15) is 34.5 Å². The van der Waals surface area contributed by atoms with Crippen LogP contribution in [0.1, 0.15) is 16.7 Å². The van der Waals surface area contributed by atoms with Gasteiger partial charge in [-0.2, -0.15) is 0 Å². The Bertz CT molecular complexity index is 1740. The van der Waals surface area contributed by atoms with E-state index in [0.717, 1.165) is 68.2 Å². The Hall–Kier alpha value is -6.08. The van der Waals surface area contributed by atoms with Gasteiger partial charge in [-0.1, -0.05) is 0 Å². The third kappa shape index (κ3) is 6.84. The van der Waals surface area contributed by atoms with Gasteiger partial charge >= 0.3 is 0 Å². The van der Waals surface area contributed by atoms with Crippen LogP contribution in [0.5, 0.6) is 34.5 Å². The Morgan fingerprint density at radius 2 is 0.630 bits per heavy atom. The quantitative estimate of drug-likeness (QED) is 0.140. The molecule has 0 aromatic heterocycles. The lowest BCUT2D eigenvalue weighted by Crippen LogP contribution is -2.09. The van der Waals surface area contributed by atoms with Gasteiger partial charge in [0.15, 0.2) is 0 Å². The summed E-state index contributed by atoms with van der Waals surface area (Å²) in [5.74, 6) is 4.46. The van der Waals surface area contributed by atoms with Gasteiger partial charge in [-0.05, 0) is 165 Å². The number of nitrogen functional groups attached to an aromatic ring is 3. The van der Waals surface area contributed by atoms with Crippen molar-refractivity contribution in [3.63, 3.8) is 0 Å². The summed E-state index contributed by atoms with van der Waals surface area (Å²) in [5, 5.41) is 0. The highest BCUT2D eigenvalue weighted by Gasteiger charge is 2.15. The number of hydrogen-bond donors (Lipinski definition) is 3. The molecule has 0 fully saturated rings. The van der Waals surface area contributed by atoms with Gasteiger partial charge in [-0.3, -0.25) is 0 Å². The molecule has 6 N–H and O–H groups in total. The fourth-order valence-corrected chi connectivity index (χ4v) is 5.18. The molecule has 46 heavy (non-hydrogen) atoms. The fourth-order valence-electron chi connectivity index (χ4n) is 5.18. The standard InChI is InChI=1S/C39H36N4O3/c1-25-22-28(40)4-19-37(25)44-34-13-7-31(8-14-34)43(32-9-15-35(16-10-32)45-38-20-5-29(41)23-26(38)2)33-11-17-36(18-12-33)46-39-21-6-30(42)24-27(39)3/h4-24H,40-42H2,1-3H3. The third-order valence-electron chi connectivity index (χ3n) is 7.57. The molecule has 0 amide bonds. The van der Waals surface area contributed by atoms with Crippen LogP contribution < -0.4 is 36.3 Å². The number of aryl methyl sites for hydroxylation is 3. The summed E-state index contributed by atoms with van der Waals surface area (Å²) in [6.45, 7) is 5.93. The summed E-state index contributed by atoms with van der Waals surface area (Å²) in [4.78, 5) is 2.16. The summed E-state index contributed by atoms with van der Waals surface area (Å²) in [7, 11) is 0. The predicted molar refractivity (Wildman–Crippen MR) is 188 cm³/mol. The number of hydrogen-bond acceptors (Lipinski definition) is 7. The lowest BCUT2D eigenvalue weighted by molar-refractivity contribution is 0.479. The fraction of sp³-hybridized carbons (Fsp3) is 0.0769. The first-order valence-electron chi connectivity index (χ1n) is 14.9. The Labute approximate surface area is 269 Å². The number of benzene rings is 6. The molecule has 6 aromatic rings. The van der Waals surface area contributed by atoms with Crippen LogP contribution in [0.15, 0.2) is 127 Å². The molecular weight excluding hydrogens is 572 g/mol. The van der Waals surface area contributed by atoms with Crippen LogP contribution in [0.3, 0.4) is 0 Å². The maximum absolute atomic E-state index is 6.17. The van der Waals surface area contributed by atoms with E-state index in [9.17, 15) is 0 Å². The Balaban J connectivity index is 1.29. The van der Waals surface area contributed by atoms with E-state index >= 15 is 0 Å². The molecule has 6 aromatic carbocycles. The summed E-state index contributed by atoms with van der Waals surface area (Å²) in [6.07, 6.45) is 0. The zero-order chi connectivity index (χ0) is 32.2. The maximum Gasteiger partial charge on any atom is 0.130 e. The molecule has 0 aliphatic carbocycles. The summed E-state index contributed by atoms with van der Waals surface area (Å²) in [5.41, 5.74) is 25.6. The van der Waals surface area contributed by atoms with Gasteiger partial charge in [-0.25, -0.2) is 0 Å². The molecule has 7 heteroatoms. The van der Waals surface area contributed by atoms with Crippen molar-refractivity contribution in [2.24, 2.45) is 0 Å². The Morgan fingerprint density at radius 1 is 0.370 bits per heavy atom. The van der Waals surface area contributed by atoms with Crippen LogP contribution in [-0.2, 0) is 0 Å². The maximum atomic E-state index is 6.17. The van der Waals surface area contributed by atoms with Gasteiger partial charge in [0, 0.05) is 34.1 Å². The van der Waals surface area contributed by atoms with Crippen molar-refractivity contribution in [1.82, 2.24) is 0 Å². The van der Waals surface area contributed by atoms with E-state index in [-0.39, 0.29) is 0 Å². The molecule has 0 bridgehead atoms. The highest BCUT2D eigenvalue weighted by molar-refractivity contribution is 5.77. The largest absolute Gasteiger partial charge is 0.457 e. The summed E-state index contributed by atoms with van der Waals surface area (Å²) in [6, 6.07) is 40.8. The smallest absolute Gasteiger partial charge is 0.130 e. The number of rotatable bonds is 9. The van der Waals surface area contributed by atoms with E-state index in [1.165, 1.54) is 0 Å². The minimum absolute atomic E-state index is 0.705. The molecular formula is C39H36N4O3. The number of ether oxygens (including phenoxy) is 3. The first kappa shape index (κ1) is 30.0. The van der Waals surface area contributed by atoms with Crippen LogP contribution in [0.4, 0.5) is 34.1 Å². The van der Waals surface area contributed by atoms with E-state index < -0.39 is 0 Å². The topological polar surface area (TPSA) is 109 Å². The second-order valence-corrected chi connectivity index (χ2v) is 11.2. The van der Waals surface area contributed by atoms with Crippen molar-refractivity contribution in [3.05, 3.63) is 144 Å². The minimum Gasteiger partial charge on any atom is -0.457 e. The van der Waals surface area contributed by atoms with Gasteiger partial charge in [0.25, 0.3) is 0 Å². The molecule has 0 radical (unpaired) electrons. The lowest BCUT2D eigenvalue weighted by atomic mass is 10.1.